The smallest absolute Gasteiger partial charge is 0.223 e. The summed E-state index contributed by atoms with van der Waals surface area (Å²) in [7, 11) is 0. The summed E-state index contributed by atoms with van der Waals surface area (Å²) < 4.78 is 11.2. The van der Waals surface area contributed by atoms with E-state index in [0.29, 0.717) is 18.9 Å². The van der Waals surface area contributed by atoms with Gasteiger partial charge in [-0.3, -0.25) is 4.79 Å². The SMILES string of the molecule is CC1CCN(C(=O)CCNC[C@@H](O)[C@@H](O)[C@@H]2O[C@H](c3ccccc3)OC[C@H]2O)CC1. The Morgan fingerprint density at radius 3 is 2.63 bits per heavy atom. The predicted octanol–water partition coefficient (Wildman–Crippen LogP) is 0.422. The molecule has 2 aliphatic heterocycles. The van der Waals surface area contributed by atoms with Gasteiger partial charge in [0.2, 0.25) is 5.91 Å². The van der Waals surface area contributed by atoms with E-state index in [2.05, 4.69) is 12.2 Å². The van der Waals surface area contributed by atoms with Crippen LogP contribution in [0.2, 0.25) is 0 Å². The molecule has 1 aromatic rings. The third kappa shape index (κ3) is 6.23. The molecule has 0 saturated carbocycles. The van der Waals surface area contributed by atoms with E-state index in [4.69, 9.17) is 9.47 Å². The fourth-order valence-corrected chi connectivity index (χ4v) is 3.85. The van der Waals surface area contributed by atoms with Crippen LogP contribution in [-0.2, 0) is 14.3 Å². The zero-order valence-electron chi connectivity index (χ0n) is 17.5. The molecule has 8 heteroatoms. The maximum Gasteiger partial charge on any atom is 0.223 e. The van der Waals surface area contributed by atoms with Crippen LogP contribution in [-0.4, -0.2) is 83.3 Å². The number of nitrogens with one attached hydrogen (secondary N) is 1. The number of piperidine rings is 1. The van der Waals surface area contributed by atoms with Crippen LogP contribution in [0.3, 0.4) is 0 Å². The number of aliphatic hydroxyl groups is 3. The fraction of sp³-hybridized carbons (Fsp3) is 0.682. The van der Waals surface area contributed by atoms with Crippen molar-refractivity contribution in [3.63, 3.8) is 0 Å². The second-order valence-corrected chi connectivity index (χ2v) is 8.32. The Morgan fingerprint density at radius 1 is 1.23 bits per heavy atom. The molecule has 2 saturated heterocycles. The highest BCUT2D eigenvalue weighted by atomic mass is 16.7. The van der Waals surface area contributed by atoms with E-state index in [1.165, 1.54) is 0 Å². The number of carbonyl (C=O) groups is 1. The summed E-state index contributed by atoms with van der Waals surface area (Å²) in [6.45, 7) is 4.33. The third-order valence-electron chi connectivity index (χ3n) is 5.89. The van der Waals surface area contributed by atoms with E-state index in [-0.39, 0.29) is 19.1 Å². The Balaban J connectivity index is 1.41. The minimum atomic E-state index is -1.29. The van der Waals surface area contributed by atoms with Gasteiger partial charge in [-0.1, -0.05) is 37.3 Å². The van der Waals surface area contributed by atoms with Crippen molar-refractivity contribution >= 4 is 5.91 Å². The summed E-state index contributed by atoms with van der Waals surface area (Å²) >= 11 is 0. The van der Waals surface area contributed by atoms with Gasteiger partial charge < -0.3 is 35.0 Å². The summed E-state index contributed by atoms with van der Waals surface area (Å²) in [4.78, 5) is 14.1. The monoisotopic (exact) mass is 422 g/mol. The van der Waals surface area contributed by atoms with Crippen LogP contribution >= 0.6 is 0 Å². The van der Waals surface area contributed by atoms with Crippen LogP contribution in [0.1, 0.15) is 38.0 Å². The Kier molecular flexibility index (Phi) is 8.61. The van der Waals surface area contributed by atoms with Gasteiger partial charge in [0.15, 0.2) is 6.29 Å². The minimum Gasteiger partial charge on any atom is -0.389 e. The van der Waals surface area contributed by atoms with Gasteiger partial charge >= 0.3 is 0 Å². The van der Waals surface area contributed by atoms with E-state index in [1.54, 1.807) is 0 Å². The van der Waals surface area contributed by atoms with Gasteiger partial charge in [-0.05, 0) is 18.8 Å². The normalized spacial score (nSPS) is 27.6. The summed E-state index contributed by atoms with van der Waals surface area (Å²) in [5.74, 6) is 0.784. The minimum absolute atomic E-state index is 0.00436. The molecule has 2 fully saturated rings. The van der Waals surface area contributed by atoms with E-state index < -0.39 is 30.7 Å². The predicted molar refractivity (Wildman–Crippen MR) is 110 cm³/mol. The maximum atomic E-state index is 12.3. The molecule has 0 unspecified atom stereocenters. The zero-order valence-corrected chi connectivity index (χ0v) is 17.5. The summed E-state index contributed by atoms with van der Waals surface area (Å²) in [5.41, 5.74) is 0.778. The van der Waals surface area contributed by atoms with Gasteiger partial charge in [0, 0.05) is 38.2 Å². The molecule has 8 nitrogen and oxygen atoms in total. The number of hydrogen-bond donors (Lipinski definition) is 4. The second-order valence-electron chi connectivity index (χ2n) is 8.32. The summed E-state index contributed by atoms with van der Waals surface area (Å²) in [6, 6.07) is 9.25. The van der Waals surface area contributed by atoms with Crippen LogP contribution in [0.25, 0.3) is 0 Å². The molecule has 4 N–H and O–H groups in total. The molecule has 2 aliphatic rings. The molecule has 2 heterocycles. The van der Waals surface area contributed by atoms with Gasteiger partial charge in [-0.25, -0.2) is 0 Å². The number of carbonyl (C=O) groups excluding carboxylic acids is 1. The highest BCUT2D eigenvalue weighted by Crippen LogP contribution is 2.28. The second kappa shape index (κ2) is 11.2. The number of likely N-dealkylation sites (tertiary alicyclic amines) is 1. The summed E-state index contributed by atoms with van der Waals surface area (Å²) in [6.07, 6.45) is -2.73. The first kappa shape index (κ1) is 23.1. The van der Waals surface area contributed by atoms with Crippen LogP contribution in [0.4, 0.5) is 0 Å². The lowest BCUT2D eigenvalue weighted by Crippen LogP contribution is -2.53. The van der Waals surface area contributed by atoms with Gasteiger partial charge in [0.25, 0.3) is 0 Å². The van der Waals surface area contributed by atoms with Gasteiger partial charge in [-0.15, -0.1) is 0 Å². The molecule has 1 amide bonds. The molecular weight excluding hydrogens is 388 g/mol. The molecular formula is C22H34N2O6. The number of ether oxygens (including phenoxy) is 2. The first-order valence-corrected chi connectivity index (χ1v) is 10.8. The number of rotatable bonds is 8. The van der Waals surface area contributed by atoms with Crippen molar-refractivity contribution < 1.29 is 29.6 Å². The standard InChI is InChI=1S/C22H34N2O6/c1-15-8-11-24(12-9-15)19(27)7-10-23-13-17(25)20(28)21-18(26)14-29-22(30-21)16-5-3-2-4-6-16/h2-6,15,17-18,20-23,25-26,28H,7-14H2,1H3/t17-,18-,20-,21-,22-/m1/s1. The largest absolute Gasteiger partial charge is 0.389 e. The van der Waals surface area contributed by atoms with Gasteiger partial charge in [0.05, 0.1) is 12.7 Å². The highest BCUT2D eigenvalue weighted by Gasteiger charge is 2.39. The van der Waals surface area contributed by atoms with E-state index in [1.807, 2.05) is 35.2 Å². The van der Waals surface area contributed by atoms with Crippen molar-refractivity contribution in [2.24, 2.45) is 5.92 Å². The lowest BCUT2D eigenvalue weighted by molar-refractivity contribution is -0.282. The molecule has 0 bridgehead atoms. The highest BCUT2D eigenvalue weighted by molar-refractivity contribution is 5.76. The van der Waals surface area contributed by atoms with Crippen molar-refractivity contribution in [1.29, 1.82) is 0 Å². The number of hydrogen-bond acceptors (Lipinski definition) is 7. The maximum absolute atomic E-state index is 12.3. The van der Waals surface area contributed by atoms with Crippen LogP contribution in [0, 0.1) is 5.92 Å². The first-order valence-electron chi connectivity index (χ1n) is 10.8. The topological polar surface area (TPSA) is 111 Å². The van der Waals surface area contributed by atoms with E-state index >= 15 is 0 Å². The summed E-state index contributed by atoms with van der Waals surface area (Å²) in [5, 5.41) is 34.0. The van der Waals surface area contributed by atoms with Crippen molar-refractivity contribution in [2.45, 2.75) is 56.9 Å². The Bertz CT molecular complexity index is 652. The van der Waals surface area contributed by atoms with E-state index in [9.17, 15) is 20.1 Å². The first-order chi connectivity index (χ1) is 14.5. The van der Waals surface area contributed by atoms with Crippen molar-refractivity contribution in [3.05, 3.63) is 35.9 Å². The number of nitrogens with zero attached hydrogens (tertiary/aromatic N) is 1. The number of benzene rings is 1. The molecule has 1 aromatic carbocycles. The van der Waals surface area contributed by atoms with Crippen molar-refractivity contribution in [2.75, 3.05) is 32.8 Å². The lowest BCUT2D eigenvalue weighted by atomic mass is 9.99. The molecule has 0 aliphatic carbocycles. The van der Waals surface area contributed by atoms with Crippen LogP contribution in [0.15, 0.2) is 30.3 Å². The average molecular weight is 423 g/mol. The zero-order chi connectivity index (χ0) is 21.5. The number of aliphatic hydroxyl groups excluding tert-OH is 3. The van der Waals surface area contributed by atoms with Gasteiger partial charge in [-0.2, -0.15) is 0 Å². The van der Waals surface area contributed by atoms with Crippen LogP contribution < -0.4 is 5.32 Å². The van der Waals surface area contributed by atoms with Crippen LogP contribution in [0.5, 0.6) is 0 Å². The molecule has 30 heavy (non-hydrogen) atoms. The van der Waals surface area contributed by atoms with E-state index in [0.717, 1.165) is 31.5 Å². The third-order valence-corrected chi connectivity index (χ3v) is 5.89. The molecule has 3 rings (SSSR count). The fourth-order valence-electron chi connectivity index (χ4n) is 3.85. The number of amides is 1. The van der Waals surface area contributed by atoms with Crippen molar-refractivity contribution in [1.82, 2.24) is 10.2 Å². The molecule has 0 spiro atoms. The Morgan fingerprint density at radius 2 is 1.93 bits per heavy atom. The molecule has 0 radical (unpaired) electrons. The Hall–Kier alpha value is -1.55. The molecule has 0 aromatic heterocycles. The van der Waals surface area contributed by atoms with Crippen molar-refractivity contribution in [3.8, 4) is 0 Å². The quantitative estimate of drug-likeness (QED) is 0.449. The lowest BCUT2D eigenvalue weighted by Gasteiger charge is -2.38. The van der Waals surface area contributed by atoms with Gasteiger partial charge in [0.1, 0.15) is 18.3 Å². The average Bonchev–Trinajstić information content (AvgIpc) is 2.77. The molecule has 168 valence electrons. The molecule has 5 atom stereocenters. The Labute approximate surface area is 177 Å².